The fourth-order valence-corrected chi connectivity index (χ4v) is 10.5. The number of para-hydroxylation sites is 3. The molecule has 3 aromatic heterocycles. The molecule has 4 nitrogen and oxygen atoms in total. The van der Waals surface area contributed by atoms with Crippen LogP contribution in [0.15, 0.2) is 194 Å². The molecule has 0 radical (unpaired) electrons. The molecule has 4 heteroatoms. The van der Waals surface area contributed by atoms with Gasteiger partial charge in [0.05, 0.1) is 33.3 Å². The summed E-state index contributed by atoms with van der Waals surface area (Å²) in [5.41, 5.74) is 17.5. The van der Waals surface area contributed by atoms with Crippen molar-refractivity contribution < 1.29 is 0 Å². The summed E-state index contributed by atoms with van der Waals surface area (Å²) in [4.78, 5) is 0. The summed E-state index contributed by atoms with van der Waals surface area (Å²) < 4.78 is 6.85. The van der Waals surface area contributed by atoms with Crippen LogP contribution in [0.2, 0.25) is 0 Å². The second-order valence-corrected chi connectivity index (χ2v) is 17.3. The third-order valence-electron chi connectivity index (χ3n) is 13.4. The molecule has 0 spiro atoms. The van der Waals surface area contributed by atoms with Crippen molar-refractivity contribution in [1.82, 2.24) is 18.9 Å². The Bertz CT molecular complexity index is 3690. The maximum Gasteiger partial charge on any atom is 0.100 e. The molecule has 3 heterocycles. The molecule has 0 saturated carbocycles. The lowest BCUT2D eigenvalue weighted by molar-refractivity contribution is 0.660. The van der Waals surface area contributed by atoms with Gasteiger partial charge < -0.3 is 9.13 Å². The second kappa shape index (κ2) is 13.7. The van der Waals surface area contributed by atoms with Crippen LogP contribution in [-0.4, -0.2) is 18.9 Å². The zero-order chi connectivity index (χ0) is 41.7. The molecule has 9 aromatic carbocycles. The molecule has 0 fully saturated rings. The summed E-state index contributed by atoms with van der Waals surface area (Å²) in [6.45, 7) is 6.78. The van der Waals surface area contributed by atoms with Gasteiger partial charge in [-0.15, -0.1) is 0 Å². The van der Waals surface area contributed by atoms with Crippen molar-refractivity contribution >= 4 is 65.3 Å². The average molecular weight is 797 g/mol. The molecule has 62 heavy (non-hydrogen) atoms. The highest BCUT2D eigenvalue weighted by atomic mass is 15.3. The maximum atomic E-state index is 4.95. The molecule has 0 unspecified atom stereocenters. The largest absolute Gasteiger partial charge is 0.309 e. The van der Waals surface area contributed by atoms with Gasteiger partial charge in [-0.3, -0.25) is 4.68 Å². The molecule has 0 aliphatic heterocycles. The van der Waals surface area contributed by atoms with E-state index in [1.165, 1.54) is 110 Å². The van der Waals surface area contributed by atoms with E-state index in [4.69, 9.17) is 5.10 Å². The Morgan fingerprint density at radius 2 is 1.05 bits per heavy atom. The highest BCUT2D eigenvalue weighted by Gasteiger charge is 2.35. The zero-order valence-corrected chi connectivity index (χ0v) is 35.3. The number of aryl methyl sites for hydroxylation is 2. The normalized spacial score (nSPS) is 13.0. The molecule has 1 aliphatic rings. The van der Waals surface area contributed by atoms with E-state index >= 15 is 0 Å². The standard InChI is InChI=1S/C31H22N2.C27H22N2/c1-21-17-19-22(20-18-21)32-28-14-7-4-11-25(28)31-29(32)15-8-16-30(31)33-26-12-5-2-9-23(26)24-10-3-6-13-27(24)33;1-27(2)23-11-7-6-10-20(23)21-14-13-18(16-24(21)27)25-22-15-12-17-8-4-5-9-19(17)26(22)29(3)28-25/h2-20H,1H3;4-16H,1-3H3. The van der Waals surface area contributed by atoms with Crippen molar-refractivity contribution in [2.24, 2.45) is 7.05 Å². The molecule has 13 rings (SSSR count). The van der Waals surface area contributed by atoms with Gasteiger partial charge in [-0.05, 0) is 89.2 Å². The molecule has 0 N–H and O–H groups in total. The SMILES string of the molecule is Cc1ccc(-n2c3ccccc3c3c(-n4c5ccccc5c5ccccc54)cccc32)cc1.Cn1nc(-c2ccc3c(c2)C(C)(C)c2ccccc2-3)c2ccc3ccccc3c21. The summed E-state index contributed by atoms with van der Waals surface area (Å²) in [5, 5.41) is 13.8. The number of fused-ring (bicyclic) bond motifs is 12. The van der Waals surface area contributed by atoms with Gasteiger partial charge in [0.25, 0.3) is 0 Å². The average Bonchev–Trinajstić information content (AvgIpc) is 4.02. The van der Waals surface area contributed by atoms with Crippen LogP contribution in [0.5, 0.6) is 0 Å². The van der Waals surface area contributed by atoms with Crippen LogP contribution < -0.4 is 0 Å². The lowest BCUT2D eigenvalue weighted by Crippen LogP contribution is -2.14. The summed E-state index contributed by atoms with van der Waals surface area (Å²) >= 11 is 0. The first-order chi connectivity index (χ1) is 30.4. The predicted octanol–water partition coefficient (Wildman–Crippen LogP) is 14.9. The molecular weight excluding hydrogens is 753 g/mol. The van der Waals surface area contributed by atoms with Gasteiger partial charge in [0.15, 0.2) is 0 Å². The minimum atomic E-state index is -0.000776. The molecular formula is C58H44N4. The van der Waals surface area contributed by atoms with Crippen LogP contribution in [0.25, 0.3) is 99.0 Å². The molecule has 0 saturated heterocycles. The fraction of sp³-hybridized carbons (Fsp3) is 0.0862. The van der Waals surface area contributed by atoms with Crippen LogP contribution >= 0.6 is 0 Å². The smallest absolute Gasteiger partial charge is 0.100 e. The number of rotatable bonds is 3. The Balaban J connectivity index is 0.000000133. The van der Waals surface area contributed by atoms with Gasteiger partial charge in [0, 0.05) is 56.0 Å². The fourth-order valence-electron chi connectivity index (χ4n) is 10.5. The van der Waals surface area contributed by atoms with E-state index in [2.05, 4.69) is 224 Å². The lowest BCUT2D eigenvalue weighted by Gasteiger charge is -2.21. The van der Waals surface area contributed by atoms with Gasteiger partial charge in [-0.2, -0.15) is 5.10 Å². The van der Waals surface area contributed by atoms with Crippen molar-refractivity contribution in [3.05, 3.63) is 211 Å². The van der Waals surface area contributed by atoms with Crippen molar-refractivity contribution in [3.8, 4) is 33.8 Å². The van der Waals surface area contributed by atoms with Crippen LogP contribution in [0.1, 0.15) is 30.5 Å². The van der Waals surface area contributed by atoms with E-state index in [1.807, 2.05) is 11.7 Å². The first-order valence-corrected chi connectivity index (χ1v) is 21.5. The Labute approximate surface area is 360 Å². The van der Waals surface area contributed by atoms with E-state index in [1.54, 1.807) is 0 Å². The Kier molecular flexibility index (Phi) is 7.98. The first kappa shape index (κ1) is 36.2. The van der Waals surface area contributed by atoms with E-state index in [0.717, 1.165) is 5.69 Å². The molecule has 296 valence electrons. The number of aromatic nitrogens is 4. The first-order valence-electron chi connectivity index (χ1n) is 21.5. The number of nitrogens with zero attached hydrogens (tertiary/aromatic N) is 4. The van der Waals surface area contributed by atoms with E-state index in [9.17, 15) is 0 Å². The molecule has 0 amide bonds. The highest BCUT2D eigenvalue weighted by molar-refractivity contribution is 6.16. The third-order valence-corrected chi connectivity index (χ3v) is 13.4. The van der Waals surface area contributed by atoms with Crippen LogP contribution in [0, 0.1) is 6.92 Å². The Hall–Kier alpha value is -7.69. The van der Waals surface area contributed by atoms with E-state index < -0.39 is 0 Å². The molecule has 12 aromatic rings. The molecule has 0 atom stereocenters. The predicted molar refractivity (Wildman–Crippen MR) is 261 cm³/mol. The Morgan fingerprint density at radius 1 is 0.452 bits per heavy atom. The number of hydrogen-bond acceptors (Lipinski definition) is 1. The van der Waals surface area contributed by atoms with Gasteiger partial charge in [0.1, 0.15) is 5.69 Å². The van der Waals surface area contributed by atoms with Crippen LogP contribution in [0.4, 0.5) is 0 Å². The van der Waals surface area contributed by atoms with Gasteiger partial charge >= 0.3 is 0 Å². The van der Waals surface area contributed by atoms with Crippen LogP contribution in [-0.2, 0) is 12.5 Å². The van der Waals surface area contributed by atoms with Crippen LogP contribution in [0.3, 0.4) is 0 Å². The van der Waals surface area contributed by atoms with Gasteiger partial charge in [0.2, 0.25) is 0 Å². The highest BCUT2D eigenvalue weighted by Crippen LogP contribution is 2.50. The van der Waals surface area contributed by atoms with Gasteiger partial charge in [-0.1, -0.05) is 159 Å². The minimum absolute atomic E-state index is 0.000776. The minimum Gasteiger partial charge on any atom is -0.309 e. The van der Waals surface area contributed by atoms with Crippen molar-refractivity contribution in [1.29, 1.82) is 0 Å². The molecule has 1 aliphatic carbocycles. The third kappa shape index (κ3) is 5.29. The topological polar surface area (TPSA) is 27.7 Å². The van der Waals surface area contributed by atoms with E-state index in [-0.39, 0.29) is 5.41 Å². The number of benzene rings is 9. The summed E-state index contributed by atoms with van der Waals surface area (Å²) in [6.07, 6.45) is 0. The maximum absolute atomic E-state index is 4.95. The monoisotopic (exact) mass is 796 g/mol. The van der Waals surface area contributed by atoms with Gasteiger partial charge in [-0.25, -0.2) is 0 Å². The molecule has 0 bridgehead atoms. The zero-order valence-electron chi connectivity index (χ0n) is 35.3. The lowest BCUT2D eigenvalue weighted by atomic mass is 9.82. The summed E-state index contributed by atoms with van der Waals surface area (Å²) in [6, 6.07) is 70.3. The van der Waals surface area contributed by atoms with E-state index in [0.29, 0.717) is 0 Å². The van der Waals surface area contributed by atoms with Crippen molar-refractivity contribution in [3.63, 3.8) is 0 Å². The Morgan fingerprint density at radius 3 is 1.79 bits per heavy atom. The summed E-state index contributed by atoms with van der Waals surface area (Å²) in [5.74, 6) is 0. The second-order valence-electron chi connectivity index (χ2n) is 17.3. The quantitative estimate of drug-likeness (QED) is 0.175. The number of hydrogen-bond donors (Lipinski definition) is 0. The van der Waals surface area contributed by atoms with Crippen molar-refractivity contribution in [2.45, 2.75) is 26.2 Å². The van der Waals surface area contributed by atoms with Crippen molar-refractivity contribution in [2.75, 3.05) is 0 Å². The summed E-state index contributed by atoms with van der Waals surface area (Å²) in [7, 11) is 2.05.